The molecule has 2 rings (SSSR count). The van der Waals surface area contributed by atoms with Gasteiger partial charge in [0.25, 0.3) is 0 Å². The maximum absolute atomic E-state index is 12.2. The van der Waals surface area contributed by atoms with Crippen molar-refractivity contribution in [3.05, 3.63) is 17.6 Å². The van der Waals surface area contributed by atoms with Gasteiger partial charge in [0.15, 0.2) is 0 Å². The SMILES string of the molecule is CNc1cc(CN(C)C(=O)CC(C)C)nc([C@H]2CCCNC2)n1. The summed E-state index contributed by atoms with van der Waals surface area (Å²) in [6.07, 6.45) is 2.83. The number of hydrogen-bond donors (Lipinski definition) is 2. The molecule has 0 aromatic carbocycles. The first-order valence-electron chi connectivity index (χ1n) is 8.50. The summed E-state index contributed by atoms with van der Waals surface area (Å²) in [4.78, 5) is 23.2. The van der Waals surface area contributed by atoms with Gasteiger partial charge in [0.05, 0.1) is 12.2 Å². The van der Waals surface area contributed by atoms with E-state index >= 15 is 0 Å². The van der Waals surface area contributed by atoms with Crippen LogP contribution < -0.4 is 10.6 Å². The third kappa shape index (κ3) is 5.16. The largest absolute Gasteiger partial charge is 0.373 e. The molecule has 1 fully saturated rings. The van der Waals surface area contributed by atoms with E-state index in [1.165, 1.54) is 0 Å². The molecule has 1 saturated heterocycles. The molecule has 0 bridgehead atoms. The van der Waals surface area contributed by atoms with Crippen molar-refractivity contribution in [3.8, 4) is 0 Å². The Balaban J connectivity index is 2.12. The van der Waals surface area contributed by atoms with Crippen LogP contribution in [0.2, 0.25) is 0 Å². The molecule has 1 aliphatic rings. The van der Waals surface area contributed by atoms with Crippen molar-refractivity contribution in [2.45, 2.75) is 45.6 Å². The van der Waals surface area contributed by atoms with Crippen molar-refractivity contribution in [2.75, 3.05) is 32.5 Å². The number of nitrogens with zero attached hydrogens (tertiary/aromatic N) is 3. The minimum absolute atomic E-state index is 0.158. The van der Waals surface area contributed by atoms with Crippen LogP contribution >= 0.6 is 0 Å². The topological polar surface area (TPSA) is 70.2 Å². The second kappa shape index (κ2) is 8.24. The first kappa shape index (κ1) is 17.7. The highest BCUT2D eigenvalue weighted by molar-refractivity contribution is 5.76. The van der Waals surface area contributed by atoms with Crippen LogP contribution in [0.5, 0.6) is 0 Å². The minimum atomic E-state index is 0.158. The Morgan fingerprint density at radius 2 is 2.26 bits per heavy atom. The molecule has 128 valence electrons. The molecule has 1 aliphatic heterocycles. The van der Waals surface area contributed by atoms with Crippen molar-refractivity contribution < 1.29 is 4.79 Å². The van der Waals surface area contributed by atoms with E-state index in [1.807, 2.05) is 20.2 Å². The summed E-state index contributed by atoms with van der Waals surface area (Å²) in [6, 6.07) is 1.93. The van der Waals surface area contributed by atoms with Crippen molar-refractivity contribution in [1.29, 1.82) is 0 Å². The Bertz CT molecular complexity index is 526. The van der Waals surface area contributed by atoms with Crippen LogP contribution in [0.3, 0.4) is 0 Å². The van der Waals surface area contributed by atoms with Gasteiger partial charge in [0.1, 0.15) is 11.6 Å². The van der Waals surface area contributed by atoms with Crippen LogP contribution in [-0.4, -0.2) is 48.0 Å². The number of nitrogens with one attached hydrogen (secondary N) is 2. The normalized spacial score (nSPS) is 18.0. The zero-order chi connectivity index (χ0) is 16.8. The van der Waals surface area contributed by atoms with Gasteiger partial charge in [-0.15, -0.1) is 0 Å². The quantitative estimate of drug-likeness (QED) is 0.839. The Labute approximate surface area is 139 Å². The highest BCUT2D eigenvalue weighted by Crippen LogP contribution is 2.22. The zero-order valence-corrected chi connectivity index (χ0v) is 14.7. The predicted octanol–water partition coefficient (Wildman–Crippen LogP) is 1.99. The fourth-order valence-corrected chi connectivity index (χ4v) is 2.82. The fourth-order valence-electron chi connectivity index (χ4n) is 2.82. The molecule has 0 radical (unpaired) electrons. The Morgan fingerprint density at radius 1 is 1.48 bits per heavy atom. The van der Waals surface area contributed by atoms with Crippen molar-refractivity contribution in [3.63, 3.8) is 0 Å². The zero-order valence-electron chi connectivity index (χ0n) is 14.7. The molecule has 1 amide bonds. The number of anilines is 1. The van der Waals surface area contributed by atoms with E-state index in [9.17, 15) is 4.79 Å². The van der Waals surface area contributed by atoms with E-state index < -0.39 is 0 Å². The van der Waals surface area contributed by atoms with Crippen LogP contribution in [0.4, 0.5) is 5.82 Å². The van der Waals surface area contributed by atoms with E-state index in [0.29, 0.717) is 24.8 Å². The van der Waals surface area contributed by atoms with Gasteiger partial charge in [-0.2, -0.15) is 0 Å². The molecule has 1 aromatic heterocycles. The molecule has 2 N–H and O–H groups in total. The highest BCUT2D eigenvalue weighted by atomic mass is 16.2. The lowest BCUT2D eigenvalue weighted by atomic mass is 9.99. The number of rotatable bonds is 6. The number of carbonyl (C=O) groups excluding carboxylic acids is 1. The molecule has 23 heavy (non-hydrogen) atoms. The number of hydrogen-bond acceptors (Lipinski definition) is 5. The Morgan fingerprint density at radius 3 is 2.87 bits per heavy atom. The van der Waals surface area contributed by atoms with Gasteiger partial charge < -0.3 is 15.5 Å². The van der Waals surface area contributed by atoms with Crippen LogP contribution in [-0.2, 0) is 11.3 Å². The standard InChI is InChI=1S/C17H29N5O/c1-12(2)8-16(23)22(4)11-14-9-15(18-3)21-17(20-14)13-6-5-7-19-10-13/h9,12-13,19H,5-8,10-11H2,1-4H3,(H,18,20,21)/t13-/m0/s1. The average Bonchev–Trinajstić information content (AvgIpc) is 2.54. The van der Waals surface area contributed by atoms with Gasteiger partial charge in [-0.1, -0.05) is 13.8 Å². The maximum Gasteiger partial charge on any atom is 0.222 e. The lowest BCUT2D eigenvalue weighted by Crippen LogP contribution is -2.30. The molecule has 0 saturated carbocycles. The number of piperidine rings is 1. The Hall–Kier alpha value is -1.69. The summed E-state index contributed by atoms with van der Waals surface area (Å²) in [7, 11) is 3.70. The lowest BCUT2D eigenvalue weighted by molar-refractivity contribution is -0.131. The summed E-state index contributed by atoms with van der Waals surface area (Å²) in [5.41, 5.74) is 0.893. The van der Waals surface area contributed by atoms with Gasteiger partial charge in [0, 0.05) is 39.0 Å². The van der Waals surface area contributed by atoms with Gasteiger partial charge in [-0.25, -0.2) is 9.97 Å². The summed E-state index contributed by atoms with van der Waals surface area (Å²) in [5.74, 6) is 2.58. The number of aromatic nitrogens is 2. The number of amides is 1. The third-order valence-electron chi connectivity index (χ3n) is 4.12. The van der Waals surface area contributed by atoms with Crippen molar-refractivity contribution in [2.24, 2.45) is 5.92 Å². The maximum atomic E-state index is 12.2. The highest BCUT2D eigenvalue weighted by Gasteiger charge is 2.20. The summed E-state index contributed by atoms with van der Waals surface area (Å²) in [5, 5.41) is 6.51. The van der Waals surface area contributed by atoms with Gasteiger partial charge in [-0.05, 0) is 25.3 Å². The molecule has 6 heteroatoms. The van der Waals surface area contributed by atoms with E-state index in [1.54, 1.807) is 4.90 Å². The summed E-state index contributed by atoms with van der Waals surface area (Å²) >= 11 is 0. The molecule has 2 heterocycles. The van der Waals surface area contributed by atoms with E-state index in [4.69, 9.17) is 4.98 Å². The summed E-state index contributed by atoms with van der Waals surface area (Å²) < 4.78 is 0. The van der Waals surface area contributed by atoms with E-state index in [0.717, 1.165) is 43.3 Å². The molecule has 1 aromatic rings. The predicted molar refractivity (Wildman–Crippen MR) is 92.4 cm³/mol. The van der Waals surface area contributed by atoms with Gasteiger partial charge in [-0.3, -0.25) is 4.79 Å². The average molecular weight is 319 g/mol. The van der Waals surface area contributed by atoms with Gasteiger partial charge >= 0.3 is 0 Å². The monoisotopic (exact) mass is 319 g/mol. The summed E-state index contributed by atoms with van der Waals surface area (Å²) in [6.45, 7) is 6.64. The van der Waals surface area contributed by atoms with E-state index in [2.05, 4.69) is 29.5 Å². The lowest BCUT2D eigenvalue weighted by Gasteiger charge is -2.23. The molecular formula is C17H29N5O. The first-order chi connectivity index (χ1) is 11.0. The second-order valence-corrected chi connectivity index (χ2v) is 6.74. The van der Waals surface area contributed by atoms with Crippen LogP contribution in [0.1, 0.15) is 50.5 Å². The minimum Gasteiger partial charge on any atom is -0.373 e. The van der Waals surface area contributed by atoms with Crippen LogP contribution in [0.15, 0.2) is 6.07 Å². The molecular weight excluding hydrogens is 290 g/mol. The molecule has 6 nitrogen and oxygen atoms in total. The molecule has 1 atom stereocenters. The van der Waals surface area contributed by atoms with Gasteiger partial charge in [0.2, 0.25) is 5.91 Å². The molecule has 0 spiro atoms. The third-order valence-corrected chi connectivity index (χ3v) is 4.12. The van der Waals surface area contributed by atoms with Crippen molar-refractivity contribution in [1.82, 2.24) is 20.2 Å². The second-order valence-electron chi connectivity index (χ2n) is 6.74. The smallest absolute Gasteiger partial charge is 0.222 e. The van der Waals surface area contributed by atoms with E-state index in [-0.39, 0.29) is 5.91 Å². The van der Waals surface area contributed by atoms with Crippen LogP contribution in [0.25, 0.3) is 0 Å². The molecule has 0 unspecified atom stereocenters. The van der Waals surface area contributed by atoms with Crippen LogP contribution in [0, 0.1) is 5.92 Å². The van der Waals surface area contributed by atoms with Crippen molar-refractivity contribution >= 4 is 11.7 Å². The fraction of sp³-hybridized carbons (Fsp3) is 0.706. The first-order valence-corrected chi connectivity index (χ1v) is 8.50. The molecule has 0 aliphatic carbocycles. The number of carbonyl (C=O) groups is 1. The Kier molecular flexibility index (Phi) is 6.33.